The Labute approximate surface area is 193 Å². The van der Waals surface area contributed by atoms with E-state index in [0.29, 0.717) is 39.4 Å². The van der Waals surface area contributed by atoms with Crippen LogP contribution in [0.15, 0.2) is 59.1 Å². The smallest absolute Gasteiger partial charge is 0.273 e. The highest BCUT2D eigenvalue weighted by molar-refractivity contribution is 9.10. The summed E-state index contributed by atoms with van der Waals surface area (Å²) in [5, 5.41) is 7.59. The summed E-state index contributed by atoms with van der Waals surface area (Å²) >= 11 is 3.27. The standard InChI is InChI=1S/C24H21BrFN5O/c1-14-17-6-4-3-5-15(17)9-10-30(14)24(32)21-13-22(27-2)31-23(28-21)12-20(29-31)18-8-7-16(25)11-19(18)26/h3-8,11-14,27H,9-10H2,1-2H3. The monoisotopic (exact) mass is 493 g/mol. The van der Waals surface area contributed by atoms with Crippen molar-refractivity contribution in [3.05, 3.63) is 81.7 Å². The van der Waals surface area contributed by atoms with Gasteiger partial charge in [0.2, 0.25) is 0 Å². The van der Waals surface area contributed by atoms with Crippen molar-refractivity contribution in [2.45, 2.75) is 19.4 Å². The predicted octanol–water partition coefficient (Wildman–Crippen LogP) is 5.10. The molecule has 0 aliphatic carbocycles. The number of carbonyl (C=O) groups is 1. The summed E-state index contributed by atoms with van der Waals surface area (Å²) in [6.45, 7) is 2.67. The topological polar surface area (TPSA) is 62.5 Å². The van der Waals surface area contributed by atoms with Crippen LogP contribution >= 0.6 is 15.9 Å². The Morgan fingerprint density at radius 1 is 1.19 bits per heavy atom. The fourth-order valence-corrected chi connectivity index (χ4v) is 4.62. The molecule has 0 radical (unpaired) electrons. The van der Waals surface area contributed by atoms with Crippen LogP contribution in [0.25, 0.3) is 16.9 Å². The summed E-state index contributed by atoms with van der Waals surface area (Å²) in [5.74, 6) is 0.0849. The zero-order valence-corrected chi connectivity index (χ0v) is 19.2. The van der Waals surface area contributed by atoms with Crippen molar-refractivity contribution in [2.24, 2.45) is 0 Å². The molecule has 1 amide bonds. The van der Waals surface area contributed by atoms with Crippen LogP contribution in [0, 0.1) is 5.82 Å². The molecule has 0 fully saturated rings. The van der Waals surface area contributed by atoms with E-state index >= 15 is 0 Å². The van der Waals surface area contributed by atoms with E-state index in [9.17, 15) is 9.18 Å². The van der Waals surface area contributed by atoms with Gasteiger partial charge in [0.15, 0.2) is 5.65 Å². The van der Waals surface area contributed by atoms with Gasteiger partial charge in [0, 0.05) is 35.8 Å². The highest BCUT2D eigenvalue weighted by Crippen LogP contribution is 2.31. The number of benzene rings is 2. The maximum atomic E-state index is 14.5. The summed E-state index contributed by atoms with van der Waals surface area (Å²) in [5.41, 5.74) is 4.07. The number of hydrogen-bond acceptors (Lipinski definition) is 4. The lowest BCUT2D eigenvalue weighted by Crippen LogP contribution is -2.39. The van der Waals surface area contributed by atoms with Crippen LogP contribution in [0.1, 0.15) is 34.6 Å². The molecule has 1 N–H and O–H groups in total. The van der Waals surface area contributed by atoms with Gasteiger partial charge in [-0.3, -0.25) is 4.79 Å². The van der Waals surface area contributed by atoms with Crippen molar-refractivity contribution in [1.82, 2.24) is 19.5 Å². The number of aromatic nitrogens is 3. The number of halogens is 2. The Hall–Kier alpha value is -3.26. The number of carbonyl (C=O) groups excluding carboxylic acids is 1. The normalized spacial score (nSPS) is 15.6. The molecule has 5 rings (SSSR count). The van der Waals surface area contributed by atoms with Gasteiger partial charge in [0.05, 0.1) is 11.7 Å². The van der Waals surface area contributed by atoms with Crippen molar-refractivity contribution >= 4 is 33.3 Å². The molecule has 0 saturated heterocycles. The lowest BCUT2D eigenvalue weighted by atomic mass is 9.93. The van der Waals surface area contributed by atoms with Gasteiger partial charge in [-0.15, -0.1) is 0 Å². The minimum Gasteiger partial charge on any atom is -0.373 e. The first-order chi connectivity index (χ1) is 15.5. The largest absolute Gasteiger partial charge is 0.373 e. The minimum atomic E-state index is -0.383. The second-order valence-corrected chi connectivity index (χ2v) is 8.74. The van der Waals surface area contributed by atoms with Crippen LogP contribution in [-0.4, -0.2) is 39.0 Å². The molecule has 1 aliphatic rings. The zero-order chi connectivity index (χ0) is 22.4. The van der Waals surface area contributed by atoms with E-state index in [2.05, 4.69) is 43.5 Å². The van der Waals surface area contributed by atoms with Gasteiger partial charge in [0.1, 0.15) is 17.3 Å². The number of anilines is 1. The van der Waals surface area contributed by atoms with E-state index in [0.717, 1.165) is 6.42 Å². The van der Waals surface area contributed by atoms with Gasteiger partial charge >= 0.3 is 0 Å². The fraction of sp³-hybridized carbons (Fsp3) is 0.208. The maximum Gasteiger partial charge on any atom is 0.273 e. The number of fused-ring (bicyclic) bond motifs is 2. The fourth-order valence-electron chi connectivity index (χ4n) is 4.29. The predicted molar refractivity (Wildman–Crippen MR) is 125 cm³/mol. The molecule has 8 heteroatoms. The Balaban J connectivity index is 1.54. The van der Waals surface area contributed by atoms with E-state index < -0.39 is 0 Å². The molecule has 2 aromatic carbocycles. The van der Waals surface area contributed by atoms with Crippen molar-refractivity contribution in [3.8, 4) is 11.3 Å². The summed E-state index contributed by atoms with van der Waals surface area (Å²) in [4.78, 5) is 19.9. The molecule has 32 heavy (non-hydrogen) atoms. The van der Waals surface area contributed by atoms with Crippen LogP contribution in [0.2, 0.25) is 0 Å². The molecule has 1 aliphatic heterocycles. The Morgan fingerprint density at radius 2 is 2.00 bits per heavy atom. The van der Waals surface area contributed by atoms with Crippen LogP contribution < -0.4 is 5.32 Å². The average molecular weight is 494 g/mol. The van der Waals surface area contributed by atoms with E-state index in [-0.39, 0.29) is 17.8 Å². The third-order valence-electron chi connectivity index (χ3n) is 5.97. The van der Waals surface area contributed by atoms with Crippen molar-refractivity contribution < 1.29 is 9.18 Å². The Kier molecular flexibility index (Phi) is 5.17. The molecule has 0 spiro atoms. The van der Waals surface area contributed by atoms with Gasteiger partial charge in [-0.05, 0) is 42.7 Å². The first kappa shape index (κ1) is 20.6. The van der Waals surface area contributed by atoms with Gasteiger partial charge in [-0.1, -0.05) is 40.2 Å². The molecule has 0 saturated carbocycles. The number of amides is 1. The SMILES string of the molecule is CNc1cc(C(=O)N2CCc3ccccc3C2C)nc2cc(-c3ccc(Br)cc3F)nn12. The number of nitrogens with zero attached hydrogens (tertiary/aromatic N) is 4. The number of nitrogens with one attached hydrogen (secondary N) is 1. The average Bonchev–Trinajstić information content (AvgIpc) is 3.22. The van der Waals surface area contributed by atoms with Crippen LogP contribution in [0.5, 0.6) is 0 Å². The van der Waals surface area contributed by atoms with Crippen molar-refractivity contribution in [3.63, 3.8) is 0 Å². The zero-order valence-electron chi connectivity index (χ0n) is 17.6. The summed E-state index contributed by atoms with van der Waals surface area (Å²) in [6, 6.07) is 16.4. The van der Waals surface area contributed by atoms with Crippen LogP contribution in [0.4, 0.5) is 10.2 Å². The van der Waals surface area contributed by atoms with E-state index in [1.165, 1.54) is 17.2 Å². The summed E-state index contributed by atoms with van der Waals surface area (Å²) in [6.07, 6.45) is 0.813. The first-order valence-corrected chi connectivity index (χ1v) is 11.2. The second kappa shape index (κ2) is 8.02. The van der Waals surface area contributed by atoms with Gasteiger partial charge < -0.3 is 10.2 Å². The molecule has 0 bridgehead atoms. The highest BCUT2D eigenvalue weighted by Gasteiger charge is 2.29. The van der Waals surface area contributed by atoms with E-state index in [1.807, 2.05) is 24.0 Å². The summed E-state index contributed by atoms with van der Waals surface area (Å²) < 4.78 is 16.7. The number of rotatable bonds is 3. The van der Waals surface area contributed by atoms with Gasteiger partial charge in [-0.2, -0.15) is 9.61 Å². The van der Waals surface area contributed by atoms with Crippen LogP contribution in [-0.2, 0) is 6.42 Å². The number of hydrogen-bond donors (Lipinski definition) is 1. The van der Waals surface area contributed by atoms with Crippen molar-refractivity contribution in [2.75, 3.05) is 18.9 Å². The third-order valence-corrected chi connectivity index (χ3v) is 6.46. The van der Waals surface area contributed by atoms with Gasteiger partial charge in [0.25, 0.3) is 5.91 Å². The first-order valence-electron chi connectivity index (χ1n) is 10.4. The lowest BCUT2D eigenvalue weighted by Gasteiger charge is -2.35. The van der Waals surface area contributed by atoms with Crippen molar-refractivity contribution in [1.29, 1.82) is 0 Å². The lowest BCUT2D eigenvalue weighted by molar-refractivity contribution is 0.0672. The van der Waals surface area contributed by atoms with Crippen LogP contribution in [0.3, 0.4) is 0 Å². The minimum absolute atomic E-state index is 0.0409. The maximum absolute atomic E-state index is 14.5. The molecule has 1 unspecified atom stereocenters. The summed E-state index contributed by atoms with van der Waals surface area (Å²) in [7, 11) is 1.75. The Morgan fingerprint density at radius 3 is 2.78 bits per heavy atom. The third kappa shape index (κ3) is 3.44. The molecule has 1 atom stereocenters. The van der Waals surface area contributed by atoms with E-state index in [4.69, 9.17) is 0 Å². The molecule has 6 nitrogen and oxygen atoms in total. The van der Waals surface area contributed by atoms with Gasteiger partial charge in [-0.25, -0.2) is 9.37 Å². The molecule has 3 heterocycles. The second-order valence-electron chi connectivity index (χ2n) is 7.82. The molecule has 4 aromatic rings. The van der Waals surface area contributed by atoms with E-state index in [1.54, 1.807) is 35.8 Å². The quantitative estimate of drug-likeness (QED) is 0.431. The molecule has 2 aromatic heterocycles. The highest BCUT2D eigenvalue weighted by atomic mass is 79.9. The molecular formula is C24H21BrFN5O. The molecule has 162 valence electrons. The Bertz CT molecular complexity index is 1350. The molecular weight excluding hydrogens is 473 g/mol.